The van der Waals surface area contributed by atoms with Gasteiger partial charge >= 0.3 is 11.9 Å². The van der Waals surface area contributed by atoms with E-state index < -0.39 is 23.9 Å². The topological polar surface area (TPSA) is 100 Å². The molecule has 0 saturated heterocycles. The van der Waals surface area contributed by atoms with E-state index in [9.17, 15) is 14.4 Å². The summed E-state index contributed by atoms with van der Waals surface area (Å²) in [5, 5.41) is 2.65. The summed E-state index contributed by atoms with van der Waals surface area (Å²) in [6, 6.07) is 24.7. The molecule has 1 atom stereocenters. The lowest BCUT2D eigenvalue weighted by molar-refractivity contribution is -0.145. The summed E-state index contributed by atoms with van der Waals surface area (Å²) in [5.74, 6) is -1.17. The van der Waals surface area contributed by atoms with E-state index in [4.69, 9.17) is 18.9 Å². The van der Waals surface area contributed by atoms with Crippen LogP contribution in [0.3, 0.4) is 0 Å². The smallest absolute Gasteiger partial charge is 0.337 e. The van der Waals surface area contributed by atoms with Crippen LogP contribution in [0.5, 0.6) is 5.75 Å². The molecule has 1 N–H and O–H groups in total. The van der Waals surface area contributed by atoms with Crippen LogP contribution in [0.25, 0.3) is 0 Å². The quantitative estimate of drug-likeness (QED) is 0.289. The van der Waals surface area contributed by atoms with Gasteiger partial charge in [0.05, 0.1) is 20.3 Å². The van der Waals surface area contributed by atoms with Gasteiger partial charge in [-0.1, -0.05) is 72.8 Å². The second-order valence-corrected chi connectivity index (χ2v) is 7.92. The predicted molar refractivity (Wildman–Crippen MR) is 132 cm³/mol. The molecule has 0 spiro atoms. The molecule has 188 valence electrons. The number of esters is 2. The number of rotatable bonds is 13. The lowest BCUT2D eigenvalue weighted by Crippen LogP contribution is -2.44. The van der Waals surface area contributed by atoms with Gasteiger partial charge in [0.15, 0.2) is 0 Å². The lowest BCUT2D eigenvalue weighted by atomic mass is 10.1. The lowest BCUT2D eigenvalue weighted by Gasteiger charge is -2.17. The van der Waals surface area contributed by atoms with E-state index in [2.05, 4.69) is 5.32 Å². The van der Waals surface area contributed by atoms with E-state index in [0.717, 1.165) is 16.7 Å². The van der Waals surface area contributed by atoms with Gasteiger partial charge in [0, 0.05) is 6.42 Å². The third-order valence-corrected chi connectivity index (χ3v) is 5.09. The number of nitrogens with one attached hydrogen (secondary N) is 1. The Hall–Kier alpha value is -4.01. The number of amides is 1. The molecular formula is C28H29NO7. The third kappa shape index (κ3) is 9.32. The largest absolute Gasteiger partial charge is 0.467 e. The first-order valence-electron chi connectivity index (χ1n) is 11.4. The van der Waals surface area contributed by atoms with Crippen LogP contribution in [0.2, 0.25) is 0 Å². The minimum absolute atomic E-state index is 0.181. The maximum absolute atomic E-state index is 12.3. The summed E-state index contributed by atoms with van der Waals surface area (Å²) in [4.78, 5) is 36.5. The van der Waals surface area contributed by atoms with Crippen LogP contribution in [0.1, 0.15) is 16.7 Å². The number of carbonyl (C=O) groups excluding carboxylic acids is 3. The molecule has 0 radical (unpaired) electrons. The molecule has 0 aliphatic carbocycles. The van der Waals surface area contributed by atoms with Gasteiger partial charge in [-0.15, -0.1) is 0 Å². The summed E-state index contributed by atoms with van der Waals surface area (Å²) in [7, 11) is 1.26. The van der Waals surface area contributed by atoms with Crippen molar-refractivity contribution >= 4 is 17.8 Å². The van der Waals surface area contributed by atoms with Crippen molar-refractivity contribution in [1.82, 2.24) is 5.32 Å². The van der Waals surface area contributed by atoms with Crippen LogP contribution < -0.4 is 10.1 Å². The maximum Gasteiger partial charge on any atom is 0.337 e. The Morgan fingerprint density at radius 3 is 1.83 bits per heavy atom. The third-order valence-electron chi connectivity index (χ3n) is 5.09. The number of hydrogen-bond acceptors (Lipinski definition) is 7. The Bertz CT molecular complexity index is 1100. The van der Waals surface area contributed by atoms with Gasteiger partial charge < -0.3 is 24.3 Å². The minimum Gasteiger partial charge on any atom is -0.467 e. The van der Waals surface area contributed by atoms with Gasteiger partial charge in [-0.25, -0.2) is 9.59 Å². The van der Waals surface area contributed by atoms with Crippen molar-refractivity contribution in [2.45, 2.75) is 25.7 Å². The molecule has 0 saturated carbocycles. The molecule has 3 aromatic rings. The number of carbonyl (C=O) groups is 3. The second-order valence-electron chi connectivity index (χ2n) is 7.92. The zero-order valence-electron chi connectivity index (χ0n) is 20.1. The Morgan fingerprint density at radius 2 is 1.28 bits per heavy atom. The zero-order valence-corrected chi connectivity index (χ0v) is 20.1. The van der Waals surface area contributed by atoms with E-state index >= 15 is 0 Å². The van der Waals surface area contributed by atoms with Gasteiger partial charge in [0.25, 0.3) is 0 Å². The predicted octanol–water partition coefficient (Wildman–Crippen LogP) is 3.23. The SMILES string of the molecule is COC(=O)[C@H](Cc1ccc(OC(=O)COCc2ccccc2)cc1)NC(=O)COCc1ccccc1. The first-order chi connectivity index (χ1) is 17.5. The average molecular weight is 492 g/mol. The molecule has 8 heteroatoms. The number of benzene rings is 3. The standard InChI is InChI=1S/C28H29NO7/c1-33-28(32)25(29-26(30)19-34-17-22-8-4-2-5-9-22)16-21-12-14-24(15-13-21)36-27(31)20-35-18-23-10-6-3-7-11-23/h2-15,25H,16-20H2,1H3,(H,29,30)/t25-/m0/s1. The highest BCUT2D eigenvalue weighted by Gasteiger charge is 2.22. The fourth-order valence-electron chi connectivity index (χ4n) is 3.32. The number of ether oxygens (including phenoxy) is 4. The van der Waals surface area contributed by atoms with Crippen LogP contribution in [0, 0.1) is 0 Å². The Morgan fingerprint density at radius 1 is 0.722 bits per heavy atom. The van der Waals surface area contributed by atoms with E-state index in [1.807, 2.05) is 60.7 Å². The number of hydrogen-bond donors (Lipinski definition) is 1. The molecule has 3 rings (SSSR count). The molecule has 1 amide bonds. The zero-order chi connectivity index (χ0) is 25.6. The Kier molecular flexibility index (Phi) is 10.6. The fraction of sp³-hybridized carbons (Fsp3) is 0.250. The fourth-order valence-corrected chi connectivity index (χ4v) is 3.32. The molecule has 3 aromatic carbocycles. The molecule has 8 nitrogen and oxygen atoms in total. The highest BCUT2D eigenvalue weighted by atomic mass is 16.6. The van der Waals surface area contributed by atoms with Crippen molar-refractivity contribution < 1.29 is 33.3 Å². The van der Waals surface area contributed by atoms with Crippen molar-refractivity contribution in [3.8, 4) is 5.75 Å². The van der Waals surface area contributed by atoms with E-state index in [1.54, 1.807) is 24.3 Å². The van der Waals surface area contributed by atoms with Crippen molar-refractivity contribution in [2.24, 2.45) is 0 Å². The molecule has 0 fully saturated rings. The van der Waals surface area contributed by atoms with Crippen LogP contribution in [0.4, 0.5) is 0 Å². The maximum atomic E-state index is 12.3. The van der Waals surface area contributed by atoms with Crippen molar-refractivity contribution in [1.29, 1.82) is 0 Å². The normalized spacial score (nSPS) is 11.4. The molecule has 36 heavy (non-hydrogen) atoms. The van der Waals surface area contributed by atoms with Gasteiger partial charge in [-0.2, -0.15) is 0 Å². The molecule has 0 heterocycles. The van der Waals surface area contributed by atoms with Gasteiger partial charge in [-0.05, 0) is 28.8 Å². The van der Waals surface area contributed by atoms with Crippen LogP contribution in [-0.2, 0) is 48.2 Å². The minimum atomic E-state index is -0.886. The number of methoxy groups -OCH3 is 1. The first kappa shape index (κ1) is 26.6. The molecule has 0 unspecified atom stereocenters. The highest BCUT2D eigenvalue weighted by molar-refractivity contribution is 5.85. The van der Waals surface area contributed by atoms with Gasteiger partial charge in [0.2, 0.25) is 5.91 Å². The summed E-state index contributed by atoms with van der Waals surface area (Å²) in [6.45, 7) is 0.227. The molecule has 0 aliphatic heterocycles. The molecule has 0 aromatic heterocycles. The van der Waals surface area contributed by atoms with Gasteiger partial charge in [-0.3, -0.25) is 4.79 Å². The van der Waals surface area contributed by atoms with Gasteiger partial charge in [0.1, 0.15) is 25.0 Å². The Labute approximate surface area is 210 Å². The van der Waals surface area contributed by atoms with Crippen LogP contribution in [0.15, 0.2) is 84.9 Å². The molecule has 0 aliphatic rings. The Balaban J connectivity index is 1.44. The van der Waals surface area contributed by atoms with E-state index in [1.165, 1.54) is 7.11 Å². The molecule has 0 bridgehead atoms. The summed E-state index contributed by atoms with van der Waals surface area (Å²) in [5.41, 5.74) is 2.65. The van der Waals surface area contributed by atoms with Crippen LogP contribution in [-0.4, -0.2) is 44.2 Å². The first-order valence-corrected chi connectivity index (χ1v) is 11.4. The molecular weight excluding hydrogens is 462 g/mol. The van der Waals surface area contributed by atoms with E-state index in [-0.39, 0.29) is 26.2 Å². The summed E-state index contributed by atoms with van der Waals surface area (Å²) in [6.07, 6.45) is 0.200. The summed E-state index contributed by atoms with van der Waals surface area (Å²) < 4.78 is 20.9. The van der Waals surface area contributed by atoms with Crippen molar-refractivity contribution in [2.75, 3.05) is 20.3 Å². The monoisotopic (exact) mass is 491 g/mol. The summed E-state index contributed by atoms with van der Waals surface area (Å²) >= 11 is 0. The van der Waals surface area contributed by atoms with Crippen molar-refractivity contribution in [3.05, 3.63) is 102 Å². The van der Waals surface area contributed by atoms with E-state index in [0.29, 0.717) is 12.4 Å². The van der Waals surface area contributed by atoms with Crippen LogP contribution >= 0.6 is 0 Å². The average Bonchev–Trinajstić information content (AvgIpc) is 2.90. The van der Waals surface area contributed by atoms with Crippen molar-refractivity contribution in [3.63, 3.8) is 0 Å². The second kappa shape index (κ2) is 14.4. The highest BCUT2D eigenvalue weighted by Crippen LogP contribution is 2.14.